The molecule has 11 nitrogen and oxygen atoms in total. The minimum absolute atomic E-state index is 0.0947. The standard InChI is InChI=1S/C31H27F3N6O5S2/c1-17(2)23-13-12-22(44-3)14-24(23)40-25(41)15-47-30(40)37-29(46)36-26(28(42)43)18-4-6-19(7-5-18)27-35-16-39(38-27)20-8-10-21(11-9-20)45-31(32,33)34/h4-14,16-17,26H,15H2,1-3H3,(H,36,46)(H,42,43). The number of hydrogen-bond donors (Lipinski definition) is 2. The molecule has 16 heteroatoms. The number of thiocarbonyl (C=S) groups is 1. The van der Waals surface area contributed by atoms with Crippen LogP contribution in [0.5, 0.6) is 11.5 Å². The van der Waals surface area contributed by atoms with Gasteiger partial charge in [0.05, 0.1) is 24.2 Å². The molecule has 47 heavy (non-hydrogen) atoms. The minimum atomic E-state index is -4.80. The Hall–Kier alpha value is -4.96. The van der Waals surface area contributed by atoms with E-state index in [1.807, 2.05) is 26.0 Å². The van der Waals surface area contributed by atoms with Gasteiger partial charge in [0, 0.05) is 11.6 Å². The Labute approximate surface area is 276 Å². The average Bonchev–Trinajstić information content (AvgIpc) is 3.66. The summed E-state index contributed by atoms with van der Waals surface area (Å²) in [7, 11) is 1.53. The molecule has 0 bridgehead atoms. The summed E-state index contributed by atoms with van der Waals surface area (Å²) < 4.78 is 48.0. The highest BCUT2D eigenvalue weighted by Crippen LogP contribution is 2.36. The van der Waals surface area contributed by atoms with Gasteiger partial charge in [0.1, 0.15) is 17.8 Å². The van der Waals surface area contributed by atoms with Gasteiger partial charge >= 0.3 is 12.3 Å². The van der Waals surface area contributed by atoms with Crippen molar-refractivity contribution in [1.29, 1.82) is 0 Å². The van der Waals surface area contributed by atoms with Gasteiger partial charge in [-0.25, -0.2) is 14.5 Å². The number of carboxylic acids is 1. The average molecular weight is 685 g/mol. The zero-order valence-corrected chi connectivity index (χ0v) is 26.7. The molecule has 2 heterocycles. The predicted octanol–water partition coefficient (Wildman–Crippen LogP) is 6.10. The fourth-order valence-electron chi connectivity index (χ4n) is 4.69. The molecule has 0 radical (unpaired) electrons. The highest BCUT2D eigenvalue weighted by Gasteiger charge is 2.33. The van der Waals surface area contributed by atoms with Crippen LogP contribution in [-0.4, -0.2) is 61.3 Å². The third kappa shape index (κ3) is 7.89. The van der Waals surface area contributed by atoms with E-state index >= 15 is 0 Å². The van der Waals surface area contributed by atoms with Crippen molar-refractivity contribution >= 4 is 51.8 Å². The highest BCUT2D eigenvalue weighted by atomic mass is 32.2. The van der Waals surface area contributed by atoms with Crippen molar-refractivity contribution in [2.75, 3.05) is 17.8 Å². The summed E-state index contributed by atoms with van der Waals surface area (Å²) in [6.07, 6.45) is -3.40. The number of aliphatic imine (C=N–C) groups is 1. The van der Waals surface area contributed by atoms with Gasteiger partial charge in [-0.2, -0.15) is 4.99 Å². The van der Waals surface area contributed by atoms with Crippen molar-refractivity contribution in [2.45, 2.75) is 32.2 Å². The van der Waals surface area contributed by atoms with Gasteiger partial charge in [0.2, 0.25) is 5.91 Å². The predicted molar refractivity (Wildman–Crippen MR) is 174 cm³/mol. The van der Waals surface area contributed by atoms with E-state index in [0.29, 0.717) is 39.2 Å². The second-order valence-electron chi connectivity index (χ2n) is 10.4. The number of nitrogens with one attached hydrogen (secondary N) is 1. The molecule has 1 amide bonds. The highest BCUT2D eigenvalue weighted by molar-refractivity contribution is 8.15. The number of anilines is 1. The minimum Gasteiger partial charge on any atom is -0.497 e. The number of rotatable bonds is 9. The topological polar surface area (TPSA) is 131 Å². The molecule has 1 fully saturated rings. The SMILES string of the molecule is COc1ccc(C(C)C)c(N2C(=O)CSC2=NC(=S)NC(C(=O)O)c2ccc(-c3ncn(-c4ccc(OC(F)(F)F)cc4)n3)cc2)c1. The summed E-state index contributed by atoms with van der Waals surface area (Å²) in [4.78, 5) is 35.4. The van der Waals surface area contributed by atoms with E-state index in [4.69, 9.17) is 17.0 Å². The third-order valence-electron chi connectivity index (χ3n) is 6.91. The van der Waals surface area contributed by atoms with Crippen molar-refractivity contribution in [2.24, 2.45) is 4.99 Å². The van der Waals surface area contributed by atoms with E-state index in [9.17, 15) is 27.9 Å². The van der Waals surface area contributed by atoms with Crippen molar-refractivity contribution < 1.29 is 37.3 Å². The maximum atomic E-state index is 13.0. The lowest BCUT2D eigenvalue weighted by atomic mass is 10.00. The normalized spacial score (nSPS) is 14.8. The number of halogens is 3. The van der Waals surface area contributed by atoms with Crippen LogP contribution in [0.1, 0.15) is 36.9 Å². The summed E-state index contributed by atoms with van der Waals surface area (Å²) in [6.45, 7) is 4.01. The van der Waals surface area contributed by atoms with E-state index in [1.165, 1.54) is 46.9 Å². The quantitative estimate of drug-likeness (QED) is 0.200. The van der Waals surface area contributed by atoms with Crippen LogP contribution in [0.4, 0.5) is 18.9 Å². The molecule has 5 rings (SSSR count). The van der Waals surface area contributed by atoms with Crippen LogP contribution in [-0.2, 0) is 9.59 Å². The van der Waals surface area contributed by atoms with Crippen LogP contribution in [0.3, 0.4) is 0 Å². The summed E-state index contributed by atoms with van der Waals surface area (Å²) in [5, 5.41) is 17.3. The summed E-state index contributed by atoms with van der Waals surface area (Å²) in [5.74, 6) is -0.661. The molecule has 0 spiro atoms. The summed E-state index contributed by atoms with van der Waals surface area (Å²) in [5.41, 5.74) is 2.90. The molecule has 1 aliphatic heterocycles. The molecule has 0 saturated carbocycles. The molecule has 1 unspecified atom stereocenters. The molecule has 1 aromatic heterocycles. The first kappa shape index (κ1) is 33.4. The van der Waals surface area contributed by atoms with Gasteiger partial charge in [-0.1, -0.05) is 55.9 Å². The van der Waals surface area contributed by atoms with Crippen molar-refractivity contribution in [1.82, 2.24) is 20.1 Å². The van der Waals surface area contributed by atoms with Crippen LogP contribution in [0.2, 0.25) is 0 Å². The van der Waals surface area contributed by atoms with E-state index in [-0.39, 0.29) is 28.4 Å². The Morgan fingerprint density at radius 1 is 1.09 bits per heavy atom. The number of methoxy groups -OCH3 is 1. The Morgan fingerprint density at radius 3 is 2.38 bits per heavy atom. The molecule has 1 saturated heterocycles. The maximum Gasteiger partial charge on any atom is 0.573 e. The number of alkyl halides is 3. The fraction of sp³-hybridized carbons (Fsp3) is 0.226. The molecule has 4 aromatic rings. The fourth-order valence-corrected chi connectivity index (χ4v) is 5.82. The van der Waals surface area contributed by atoms with Gasteiger partial charge in [0.25, 0.3) is 0 Å². The zero-order valence-electron chi connectivity index (χ0n) is 25.1. The molecule has 2 N–H and O–H groups in total. The molecular weight excluding hydrogens is 658 g/mol. The molecule has 0 aliphatic carbocycles. The van der Waals surface area contributed by atoms with Gasteiger partial charge in [-0.15, -0.1) is 18.3 Å². The first-order chi connectivity index (χ1) is 22.3. The number of thioether (sulfide) groups is 1. The lowest BCUT2D eigenvalue weighted by molar-refractivity contribution is -0.274. The Kier molecular flexibility index (Phi) is 9.81. The number of benzene rings is 3. The van der Waals surface area contributed by atoms with E-state index < -0.39 is 18.4 Å². The number of aromatic nitrogens is 3. The number of ether oxygens (including phenoxy) is 2. The van der Waals surface area contributed by atoms with Gasteiger partial charge in [0.15, 0.2) is 22.1 Å². The number of carbonyl (C=O) groups is 2. The molecule has 244 valence electrons. The van der Waals surface area contributed by atoms with Crippen LogP contribution >= 0.6 is 24.0 Å². The number of nitrogens with zero attached hydrogens (tertiary/aromatic N) is 5. The third-order valence-corrected chi connectivity index (χ3v) is 8.04. The lowest BCUT2D eigenvalue weighted by Gasteiger charge is -2.23. The van der Waals surface area contributed by atoms with Crippen LogP contribution < -0.4 is 19.7 Å². The van der Waals surface area contributed by atoms with E-state index in [2.05, 4.69) is 25.1 Å². The number of carboxylic acid groups (broad SMARTS) is 1. The van der Waals surface area contributed by atoms with E-state index in [1.54, 1.807) is 30.3 Å². The summed E-state index contributed by atoms with van der Waals surface area (Å²) >= 11 is 6.61. The zero-order chi connectivity index (χ0) is 33.9. The number of hydrogen-bond acceptors (Lipinski definition) is 8. The Morgan fingerprint density at radius 2 is 1.77 bits per heavy atom. The monoisotopic (exact) mass is 684 g/mol. The largest absolute Gasteiger partial charge is 0.573 e. The van der Waals surface area contributed by atoms with Gasteiger partial charge in [-0.05, 0) is 59.6 Å². The number of amidine groups is 1. The van der Waals surface area contributed by atoms with Crippen LogP contribution in [0, 0.1) is 0 Å². The Bertz CT molecular complexity index is 1830. The smallest absolute Gasteiger partial charge is 0.497 e. The van der Waals surface area contributed by atoms with Crippen molar-refractivity contribution in [3.8, 4) is 28.6 Å². The van der Waals surface area contributed by atoms with Crippen molar-refractivity contribution in [3.05, 3.63) is 84.2 Å². The van der Waals surface area contributed by atoms with Gasteiger partial charge < -0.3 is 19.9 Å². The maximum absolute atomic E-state index is 13.0. The second-order valence-corrected chi connectivity index (χ2v) is 11.7. The molecule has 1 aliphatic rings. The first-order valence-electron chi connectivity index (χ1n) is 14.0. The lowest BCUT2D eigenvalue weighted by Crippen LogP contribution is -2.35. The second kappa shape index (κ2) is 13.8. The number of amides is 1. The summed E-state index contributed by atoms with van der Waals surface area (Å²) in [6, 6.07) is 15.7. The first-order valence-corrected chi connectivity index (χ1v) is 15.4. The van der Waals surface area contributed by atoms with Crippen LogP contribution in [0.25, 0.3) is 17.1 Å². The number of carbonyl (C=O) groups excluding carboxylic acids is 1. The van der Waals surface area contributed by atoms with Crippen LogP contribution in [0.15, 0.2) is 78.0 Å². The van der Waals surface area contributed by atoms with E-state index in [0.717, 1.165) is 17.7 Å². The number of aliphatic carboxylic acids is 1. The molecule has 1 atom stereocenters. The molecular formula is C31H27F3N6O5S2. The Balaban J connectivity index is 1.31. The van der Waals surface area contributed by atoms with Crippen molar-refractivity contribution in [3.63, 3.8) is 0 Å². The molecule has 3 aromatic carbocycles. The van der Waals surface area contributed by atoms with Gasteiger partial charge in [-0.3, -0.25) is 9.69 Å².